The van der Waals surface area contributed by atoms with E-state index in [2.05, 4.69) is 48.5 Å². The van der Waals surface area contributed by atoms with Gasteiger partial charge in [0.2, 0.25) is 0 Å². The van der Waals surface area contributed by atoms with Crippen LogP contribution >= 0.6 is 15.6 Å². The predicted octanol–water partition coefficient (Wildman–Crippen LogP) is 24.9. The molecule has 0 aliphatic rings. The van der Waals surface area contributed by atoms with Crippen molar-refractivity contribution >= 4 is 39.5 Å². The van der Waals surface area contributed by atoms with Crippen LogP contribution in [0.3, 0.4) is 0 Å². The van der Waals surface area contributed by atoms with Crippen LogP contribution in [0.15, 0.2) is 0 Å². The molecule has 0 saturated carbocycles. The number of hydrogen-bond donors (Lipinski definition) is 3. The van der Waals surface area contributed by atoms with Crippen LogP contribution < -0.4 is 0 Å². The number of phosphoric ester groups is 2. The highest BCUT2D eigenvalue weighted by atomic mass is 31.2. The van der Waals surface area contributed by atoms with E-state index in [0.29, 0.717) is 25.7 Å². The molecule has 0 bridgehead atoms. The first-order chi connectivity index (χ1) is 49.3. The SMILES string of the molecule is CCCCCCCCCCCCCCCCCCCCCCC(=O)O[C@H](COC(=O)CCCCCCCCCCCCCCCC(C)C)COP(=O)(O)OC[C@@H](O)COP(=O)(O)OC[C@@H](COC(=O)CCCCCCCCC(C)CC)OC(=O)CCCCCCCCCCCCCCCC(C)C. The minimum absolute atomic E-state index is 0.106. The summed E-state index contributed by atoms with van der Waals surface area (Å²) in [6, 6.07) is 0. The Bertz CT molecular complexity index is 1980. The highest BCUT2D eigenvalue weighted by Crippen LogP contribution is 2.45. The molecule has 0 aliphatic heterocycles. The maximum atomic E-state index is 13.1. The first-order valence-electron chi connectivity index (χ1n) is 42.9. The molecule has 6 atom stereocenters. The third kappa shape index (κ3) is 74.9. The Balaban J connectivity index is 5.24. The summed E-state index contributed by atoms with van der Waals surface area (Å²) >= 11 is 0. The molecule has 0 fully saturated rings. The van der Waals surface area contributed by atoms with E-state index < -0.39 is 97.5 Å². The predicted molar refractivity (Wildman–Crippen MR) is 418 cm³/mol. The third-order valence-electron chi connectivity index (χ3n) is 19.7. The molecule has 0 aromatic heterocycles. The van der Waals surface area contributed by atoms with Gasteiger partial charge in [-0.15, -0.1) is 0 Å². The van der Waals surface area contributed by atoms with Gasteiger partial charge in [-0.05, 0) is 43.4 Å². The van der Waals surface area contributed by atoms with E-state index in [1.54, 1.807) is 0 Å². The summed E-state index contributed by atoms with van der Waals surface area (Å²) in [7, 11) is -9.92. The lowest BCUT2D eigenvalue weighted by Gasteiger charge is -2.21. The van der Waals surface area contributed by atoms with Gasteiger partial charge in [0.15, 0.2) is 12.2 Å². The second-order valence-electron chi connectivity index (χ2n) is 31.1. The summed E-state index contributed by atoms with van der Waals surface area (Å²) in [5.41, 5.74) is 0. The molecule has 0 aliphatic carbocycles. The van der Waals surface area contributed by atoms with Gasteiger partial charge in [-0.2, -0.15) is 0 Å². The Morgan fingerprint density at radius 1 is 0.284 bits per heavy atom. The van der Waals surface area contributed by atoms with Gasteiger partial charge in [0.25, 0.3) is 0 Å². The molecule has 17 nitrogen and oxygen atoms in total. The van der Waals surface area contributed by atoms with Gasteiger partial charge >= 0.3 is 39.5 Å². The first-order valence-corrected chi connectivity index (χ1v) is 45.9. The number of aliphatic hydroxyl groups excluding tert-OH is 1. The molecule has 0 amide bonds. The van der Waals surface area contributed by atoms with E-state index in [0.717, 1.165) is 114 Å². The van der Waals surface area contributed by atoms with E-state index in [-0.39, 0.29) is 25.7 Å². The Labute approximate surface area is 626 Å². The van der Waals surface area contributed by atoms with Gasteiger partial charge in [0.05, 0.1) is 26.4 Å². The summed E-state index contributed by atoms with van der Waals surface area (Å²) in [6.07, 6.45) is 62.5. The van der Waals surface area contributed by atoms with Crippen LogP contribution in [0.1, 0.15) is 434 Å². The minimum atomic E-state index is -4.96. The molecule has 3 N–H and O–H groups in total. The van der Waals surface area contributed by atoms with E-state index in [9.17, 15) is 43.2 Å². The maximum Gasteiger partial charge on any atom is 0.472 e. The van der Waals surface area contributed by atoms with Crippen LogP contribution in [-0.4, -0.2) is 96.7 Å². The summed E-state index contributed by atoms with van der Waals surface area (Å²) in [5.74, 6) is 0.199. The third-order valence-corrected chi connectivity index (χ3v) is 21.6. The van der Waals surface area contributed by atoms with Gasteiger partial charge in [-0.25, -0.2) is 9.13 Å². The van der Waals surface area contributed by atoms with Crippen LogP contribution in [-0.2, 0) is 65.4 Å². The normalized spacial score (nSPS) is 14.2. The van der Waals surface area contributed by atoms with Crippen molar-refractivity contribution in [3.05, 3.63) is 0 Å². The minimum Gasteiger partial charge on any atom is -0.462 e. The van der Waals surface area contributed by atoms with E-state index in [1.165, 1.54) is 238 Å². The molecule has 19 heteroatoms. The molecule has 102 heavy (non-hydrogen) atoms. The monoisotopic (exact) mass is 1490 g/mol. The highest BCUT2D eigenvalue weighted by molar-refractivity contribution is 7.47. The lowest BCUT2D eigenvalue weighted by atomic mass is 10.00. The zero-order chi connectivity index (χ0) is 75.1. The van der Waals surface area contributed by atoms with Crippen molar-refractivity contribution in [3.8, 4) is 0 Å². The smallest absolute Gasteiger partial charge is 0.462 e. The van der Waals surface area contributed by atoms with Crippen molar-refractivity contribution in [3.63, 3.8) is 0 Å². The summed E-state index contributed by atoms with van der Waals surface area (Å²) in [4.78, 5) is 73.1. The van der Waals surface area contributed by atoms with Crippen LogP contribution in [0.2, 0.25) is 0 Å². The fourth-order valence-electron chi connectivity index (χ4n) is 12.8. The molecule has 606 valence electrons. The van der Waals surface area contributed by atoms with E-state index in [1.807, 2.05) is 0 Å². The number of phosphoric acid groups is 2. The lowest BCUT2D eigenvalue weighted by Crippen LogP contribution is -2.30. The Hall–Kier alpha value is -1.94. The van der Waals surface area contributed by atoms with Gasteiger partial charge in [-0.3, -0.25) is 37.3 Å². The van der Waals surface area contributed by atoms with Gasteiger partial charge < -0.3 is 33.8 Å². The standard InChI is InChI=1S/C83H162O17P2/c1-8-10-11-12-13-14-15-16-17-18-19-20-21-22-27-33-38-43-52-59-66-82(87)99-78(70-93-80(85)64-57-50-42-37-32-28-23-25-30-35-40-47-54-61-74(3)4)72-97-101(89,90)95-68-77(84)69-96-102(91,92)98-73-79(71-94-81(86)65-58-51-46-45-49-56-63-76(7)9-2)100-83(88)67-60-53-44-39-34-29-24-26-31-36-41-48-55-62-75(5)6/h74-79,84H,8-73H2,1-7H3,(H,89,90)(H,91,92)/t76?,77-,78-,79-/m1/s1. The summed E-state index contributed by atoms with van der Waals surface area (Å²) in [6.45, 7) is 11.9. The molecule has 0 rings (SSSR count). The highest BCUT2D eigenvalue weighted by Gasteiger charge is 2.30. The number of aliphatic hydroxyl groups is 1. The average Bonchev–Trinajstić information content (AvgIpc) is 0.908. The number of carbonyl (C=O) groups excluding carboxylic acids is 4. The van der Waals surface area contributed by atoms with E-state index >= 15 is 0 Å². The first kappa shape index (κ1) is 100. The second-order valence-corrected chi connectivity index (χ2v) is 34.0. The molecule has 3 unspecified atom stereocenters. The molecule has 0 saturated heterocycles. The lowest BCUT2D eigenvalue weighted by molar-refractivity contribution is -0.161. The van der Waals surface area contributed by atoms with Crippen molar-refractivity contribution in [1.29, 1.82) is 0 Å². The zero-order valence-electron chi connectivity index (χ0n) is 67.1. The van der Waals surface area contributed by atoms with Crippen molar-refractivity contribution in [2.45, 2.75) is 452 Å². The van der Waals surface area contributed by atoms with Gasteiger partial charge in [0, 0.05) is 25.7 Å². The number of esters is 4. The topological polar surface area (TPSA) is 237 Å². The van der Waals surface area contributed by atoms with Crippen LogP contribution in [0.4, 0.5) is 0 Å². The van der Waals surface area contributed by atoms with E-state index in [4.69, 9.17) is 37.0 Å². The Morgan fingerprint density at radius 2 is 0.500 bits per heavy atom. The number of carbonyl (C=O) groups is 4. The largest absolute Gasteiger partial charge is 0.472 e. The number of rotatable bonds is 81. The molecular formula is C83H162O17P2. The molecule has 0 radical (unpaired) electrons. The zero-order valence-corrected chi connectivity index (χ0v) is 68.9. The van der Waals surface area contributed by atoms with Crippen molar-refractivity contribution in [2.75, 3.05) is 39.6 Å². The second kappa shape index (κ2) is 73.2. The Kier molecular flexibility index (Phi) is 71.8. The van der Waals surface area contributed by atoms with Crippen LogP contribution in [0.25, 0.3) is 0 Å². The quantitative estimate of drug-likeness (QED) is 0.0222. The van der Waals surface area contributed by atoms with Crippen molar-refractivity contribution in [2.24, 2.45) is 17.8 Å². The molecular weight excluding hydrogens is 1330 g/mol. The molecule has 0 spiro atoms. The fourth-order valence-corrected chi connectivity index (χ4v) is 14.4. The van der Waals surface area contributed by atoms with Crippen molar-refractivity contribution < 1.29 is 80.2 Å². The molecule has 0 aromatic rings. The fraction of sp³-hybridized carbons (Fsp3) is 0.952. The van der Waals surface area contributed by atoms with Crippen LogP contribution in [0, 0.1) is 17.8 Å². The van der Waals surface area contributed by atoms with Gasteiger partial charge in [-0.1, -0.05) is 382 Å². The number of ether oxygens (including phenoxy) is 4. The molecule has 0 aromatic carbocycles. The Morgan fingerprint density at radius 3 is 0.745 bits per heavy atom. The van der Waals surface area contributed by atoms with Gasteiger partial charge in [0.1, 0.15) is 19.3 Å². The average molecular weight is 1490 g/mol. The summed E-state index contributed by atoms with van der Waals surface area (Å²) in [5, 5.41) is 10.7. The van der Waals surface area contributed by atoms with Crippen LogP contribution in [0.5, 0.6) is 0 Å². The number of hydrogen-bond acceptors (Lipinski definition) is 15. The summed E-state index contributed by atoms with van der Waals surface area (Å²) < 4.78 is 68.8. The molecule has 0 heterocycles. The van der Waals surface area contributed by atoms with Crippen molar-refractivity contribution in [1.82, 2.24) is 0 Å². The maximum absolute atomic E-state index is 13.1. The number of unbranched alkanes of at least 4 members (excludes halogenated alkanes) is 48.